The summed E-state index contributed by atoms with van der Waals surface area (Å²) in [6.07, 6.45) is 3.53. The van der Waals surface area contributed by atoms with Gasteiger partial charge in [0.1, 0.15) is 6.10 Å². The van der Waals surface area contributed by atoms with E-state index in [-0.39, 0.29) is 16.7 Å². The molecule has 0 radical (unpaired) electrons. The average Bonchev–Trinajstić information content (AvgIpc) is 2.48. The highest BCUT2D eigenvalue weighted by atomic mass is 16.6. The predicted octanol–water partition coefficient (Wildman–Crippen LogP) is 2.27. The molecule has 1 aromatic heterocycles. The van der Waals surface area contributed by atoms with Gasteiger partial charge in [-0.2, -0.15) is 0 Å². The van der Waals surface area contributed by atoms with Gasteiger partial charge in [0, 0.05) is 12.3 Å². The first-order chi connectivity index (χ1) is 9.75. The molecule has 6 heteroatoms. The van der Waals surface area contributed by atoms with E-state index in [1.807, 2.05) is 6.07 Å². The molecular formula is C14H15N3O3. The lowest BCUT2D eigenvalue weighted by Gasteiger charge is -2.23. The molecule has 1 N–H and O–H groups in total. The van der Waals surface area contributed by atoms with Gasteiger partial charge in [-0.1, -0.05) is 6.07 Å². The van der Waals surface area contributed by atoms with Gasteiger partial charge in [0.25, 0.3) is 5.69 Å². The van der Waals surface area contributed by atoms with Crippen LogP contribution in [0.3, 0.4) is 0 Å². The average molecular weight is 273 g/mol. The third kappa shape index (κ3) is 2.42. The molecule has 0 amide bonds. The molecule has 6 nitrogen and oxygen atoms in total. The molecule has 0 atom stereocenters. The molecule has 1 aliphatic heterocycles. The van der Waals surface area contributed by atoms with Crippen molar-refractivity contribution in [3.8, 4) is 5.88 Å². The fourth-order valence-corrected chi connectivity index (χ4v) is 2.49. The third-order valence-corrected chi connectivity index (χ3v) is 3.51. The monoisotopic (exact) mass is 273 g/mol. The predicted molar refractivity (Wildman–Crippen MR) is 74.9 cm³/mol. The smallest absolute Gasteiger partial charge is 0.277 e. The van der Waals surface area contributed by atoms with Crippen LogP contribution >= 0.6 is 0 Å². The number of nitro benzene ring substituents is 1. The van der Waals surface area contributed by atoms with Crippen LogP contribution in [0.4, 0.5) is 5.69 Å². The molecular weight excluding hydrogens is 258 g/mol. The lowest BCUT2D eigenvalue weighted by Crippen LogP contribution is -2.34. The van der Waals surface area contributed by atoms with E-state index in [0.29, 0.717) is 16.7 Å². The maximum Gasteiger partial charge on any atom is 0.277 e. The molecule has 2 aromatic rings. The second-order valence-corrected chi connectivity index (χ2v) is 4.81. The zero-order chi connectivity index (χ0) is 13.9. The van der Waals surface area contributed by atoms with Crippen LogP contribution < -0.4 is 10.1 Å². The number of pyridine rings is 1. The van der Waals surface area contributed by atoms with Gasteiger partial charge >= 0.3 is 0 Å². The summed E-state index contributed by atoms with van der Waals surface area (Å²) in [5.74, 6) is 0.484. The van der Waals surface area contributed by atoms with Gasteiger partial charge in [0.05, 0.1) is 15.7 Å². The maximum absolute atomic E-state index is 11.1. The number of piperidine rings is 1. The van der Waals surface area contributed by atoms with E-state index in [0.717, 1.165) is 25.9 Å². The van der Waals surface area contributed by atoms with Crippen molar-refractivity contribution in [2.45, 2.75) is 18.9 Å². The van der Waals surface area contributed by atoms with Gasteiger partial charge in [-0.25, -0.2) is 4.98 Å². The zero-order valence-corrected chi connectivity index (χ0v) is 10.9. The summed E-state index contributed by atoms with van der Waals surface area (Å²) in [7, 11) is 0. The van der Waals surface area contributed by atoms with Crippen LogP contribution in [0, 0.1) is 10.1 Å². The molecule has 0 aliphatic carbocycles. The molecule has 0 bridgehead atoms. The highest BCUT2D eigenvalue weighted by Crippen LogP contribution is 2.31. The second kappa shape index (κ2) is 5.42. The van der Waals surface area contributed by atoms with E-state index >= 15 is 0 Å². The first-order valence-corrected chi connectivity index (χ1v) is 6.65. The van der Waals surface area contributed by atoms with Gasteiger partial charge in [0.15, 0.2) is 0 Å². The van der Waals surface area contributed by atoms with Crippen molar-refractivity contribution in [1.82, 2.24) is 10.3 Å². The minimum absolute atomic E-state index is 0.0834. The fourth-order valence-electron chi connectivity index (χ4n) is 2.49. The van der Waals surface area contributed by atoms with E-state index < -0.39 is 0 Å². The maximum atomic E-state index is 11.1. The number of nitrogens with one attached hydrogen (secondary N) is 1. The fraction of sp³-hybridized carbons (Fsp3) is 0.357. The Labute approximate surface area is 115 Å². The van der Waals surface area contributed by atoms with Crippen molar-refractivity contribution in [3.63, 3.8) is 0 Å². The topological polar surface area (TPSA) is 77.3 Å². The molecule has 1 saturated heterocycles. The molecule has 1 aliphatic rings. The Balaban J connectivity index is 1.98. The van der Waals surface area contributed by atoms with Crippen LogP contribution in [0.2, 0.25) is 0 Å². The summed E-state index contributed by atoms with van der Waals surface area (Å²) in [5, 5.41) is 15.6. The number of nitrogens with zero attached hydrogens (tertiary/aromatic N) is 2. The van der Waals surface area contributed by atoms with Crippen LogP contribution in [-0.4, -0.2) is 29.1 Å². The number of benzene rings is 1. The molecule has 1 aromatic carbocycles. The Morgan fingerprint density at radius 3 is 2.80 bits per heavy atom. The van der Waals surface area contributed by atoms with Gasteiger partial charge in [-0.05, 0) is 38.1 Å². The minimum Gasteiger partial charge on any atom is -0.474 e. The summed E-state index contributed by atoms with van der Waals surface area (Å²) < 4.78 is 5.93. The van der Waals surface area contributed by atoms with Crippen LogP contribution in [0.1, 0.15) is 12.8 Å². The normalized spacial score (nSPS) is 16.2. The molecule has 3 rings (SSSR count). The molecule has 1 fully saturated rings. The minimum atomic E-state index is -0.378. The number of ether oxygens (including phenoxy) is 1. The molecule has 0 spiro atoms. The van der Waals surface area contributed by atoms with Crippen molar-refractivity contribution in [2.24, 2.45) is 0 Å². The lowest BCUT2D eigenvalue weighted by molar-refractivity contribution is -0.383. The Hall–Kier alpha value is -2.21. The van der Waals surface area contributed by atoms with Crippen LogP contribution in [0.25, 0.3) is 10.8 Å². The highest BCUT2D eigenvalue weighted by Gasteiger charge is 2.18. The largest absolute Gasteiger partial charge is 0.474 e. The summed E-state index contributed by atoms with van der Waals surface area (Å²) in [6, 6.07) is 6.63. The summed E-state index contributed by atoms with van der Waals surface area (Å²) >= 11 is 0. The van der Waals surface area contributed by atoms with Crippen LogP contribution in [-0.2, 0) is 0 Å². The molecule has 0 unspecified atom stereocenters. The quantitative estimate of drug-likeness (QED) is 0.685. The van der Waals surface area contributed by atoms with Crippen molar-refractivity contribution in [2.75, 3.05) is 13.1 Å². The number of aromatic nitrogens is 1. The summed E-state index contributed by atoms with van der Waals surface area (Å²) in [4.78, 5) is 14.9. The standard InChI is InChI=1S/C14H15N3O3/c18-17(19)13-3-1-2-12-11(13)6-9-16-14(12)20-10-4-7-15-8-5-10/h1-3,6,9-10,15H,4-5,7-8H2. The number of rotatable bonds is 3. The number of hydrogen-bond acceptors (Lipinski definition) is 5. The first-order valence-electron chi connectivity index (χ1n) is 6.65. The Bertz CT molecular complexity index is 639. The first kappa shape index (κ1) is 12.8. The lowest BCUT2D eigenvalue weighted by atomic mass is 10.1. The number of non-ortho nitro benzene ring substituents is 1. The van der Waals surface area contributed by atoms with Crippen LogP contribution in [0.5, 0.6) is 5.88 Å². The van der Waals surface area contributed by atoms with Gasteiger partial charge in [-0.15, -0.1) is 0 Å². The number of hydrogen-bond donors (Lipinski definition) is 1. The zero-order valence-electron chi connectivity index (χ0n) is 10.9. The Kier molecular flexibility index (Phi) is 3.47. The number of fused-ring (bicyclic) bond motifs is 1. The SMILES string of the molecule is O=[N+]([O-])c1cccc2c(OC3CCNCC3)nccc12. The van der Waals surface area contributed by atoms with E-state index in [2.05, 4.69) is 10.3 Å². The van der Waals surface area contributed by atoms with Gasteiger partial charge in [0.2, 0.25) is 5.88 Å². The molecule has 20 heavy (non-hydrogen) atoms. The van der Waals surface area contributed by atoms with Gasteiger partial charge in [-0.3, -0.25) is 10.1 Å². The number of nitro groups is 1. The summed E-state index contributed by atoms with van der Waals surface area (Å²) in [5.41, 5.74) is 0.0834. The van der Waals surface area contributed by atoms with E-state index in [1.54, 1.807) is 18.3 Å². The van der Waals surface area contributed by atoms with Crippen molar-refractivity contribution in [3.05, 3.63) is 40.6 Å². The molecule has 104 valence electrons. The van der Waals surface area contributed by atoms with Crippen molar-refractivity contribution in [1.29, 1.82) is 0 Å². The Morgan fingerprint density at radius 1 is 1.25 bits per heavy atom. The van der Waals surface area contributed by atoms with E-state index in [1.165, 1.54) is 6.07 Å². The van der Waals surface area contributed by atoms with Crippen LogP contribution in [0.15, 0.2) is 30.5 Å². The highest BCUT2D eigenvalue weighted by molar-refractivity contribution is 5.93. The third-order valence-electron chi connectivity index (χ3n) is 3.51. The summed E-state index contributed by atoms with van der Waals surface area (Å²) in [6.45, 7) is 1.85. The Morgan fingerprint density at radius 2 is 2.05 bits per heavy atom. The molecule has 2 heterocycles. The van der Waals surface area contributed by atoms with Gasteiger partial charge < -0.3 is 10.1 Å². The van der Waals surface area contributed by atoms with E-state index in [4.69, 9.17) is 4.74 Å². The second-order valence-electron chi connectivity index (χ2n) is 4.81. The van der Waals surface area contributed by atoms with E-state index in [9.17, 15) is 10.1 Å². The molecule has 0 saturated carbocycles. The van der Waals surface area contributed by atoms with Crippen molar-refractivity contribution < 1.29 is 9.66 Å². The van der Waals surface area contributed by atoms with Crippen molar-refractivity contribution >= 4 is 16.5 Å².